The third-order valence-corrected chi connectivity index (χ3v) is 5.28. The Morgan fingerprint density at radius 1 is 1.33 bits per heavy atom. The summed E-state index contributed by atoms with van der Waals surface area (Å²) in [7, 11) is -3.54. The van der Waals surface area contributed by atoms with E-state index in [0.717, 1.165) is 23.5 Å². The van der Waals surface area contributed by atoms with Gasteiger partial charge in [-0.3, -0.25) is 9.71 Å². The Morgan fingerprint density at radius 3 is 2.81 bits per heavy atom. The Morgan fingerprint density at radius 2 is 2.14 bits per heavy atom. The molecule has 2 aromatic rings. The quantitative estimate of drug-likeness (QED) is 0.768. The maximum Gasteiger partial charge on any atom is 0.262 e. The molecule has 21 heavy (non-hydrogen) atoms. The zero-order valence-electron chi connectivity index (χ0n) is 12.1. The maximum atomic E-state index is 12.3. The highest BCUT2D eigenvalue weighted by molar-refractivity contribution is 7.92. The second-order valence-electron chi connectivity index (χ2n) is 4.72. The molecular formula is C14H19N3O2S2. The molecular weight excluding hydrogens is 306 g/mol. The molecule has 0 unspecified atom stereocenters. The largest absolute Gasteiger partial charge is 0.312 e. The molecule has 5 nitrogen and oxygen atoms in total. The van der Waals surface area contributed by atoms with Crippen LogP contribution in [0.1, 0.15) is 23.9 Å². The van der Waals surface area contributed by atoms with E-state index in [0.29, 0.717) is 17.1 Å². The summed E-state index contributed by atoms with van der Waals surface area (Å²) in [5.74, 6) is 0. The van der Waals surface area contributed by atoms with E-state index in [1.807, 2.05) is 6.92 Å². The van der Waals surface area contributed by atoms with Gasteiger partial charge < -0.3 is 5.32 Å². The normalized spacial score (nSPS) is 11.5. The Balaban J connectivity index is 2.07. The van der Waals surface area contributed by atoms with Crippen LogP contribution in [0.4, 0.5) is 5.69 Å². The van der Waals surface area contributed by atoms with Crippen LogP contribution in [0.15, 0.2) is 34.7 Å². The number of nitrogens with one attached hydrogen (secondary N) is 2. The number of nitrogens with zero attached hydrogens (tertiary/aromatic N) is 1. The number of anilines is 1. The molecule has 0 atom stereocenters. The Kier molecular flexibility index (Phi) is 5.33. The Hall–Kier alpha value is -1.44. The van der Waals surface area contributed by atoms with Crippen LogP contribution in [0.5, 0.6) is 0 Å². The van der Waals surface area contributed by atoms with Gasteiger partial charge in [-0.1, -0.05) is 6.92 Å². The number of hydrogen-bond acceptors (Lipinski definition) is 5. The third-order valence-electron chi connectivity index (χ3n) is 2.83. The molecule has 0 saturated heterocycles. The van der Waals surface area contributed by atoms with Gasteiger partial charge in [0.15, 0.2) is 0 Å². The highest BCUT2D eigenvalue weighted by Crippen LogP contribution is 2.21. The van der Waals surface area contributed by atoms with Gasteiger partial charge in [-0.05, 0) is 38.1 Å². The van der Waals surface area contributed by atoms with Crippen LogP contribution in [0.2, 0.25) is 0 Å². The fourth-order valence-electron chi connectivity index (χ4n) is 1.72. The number of rotatable bonds is 7. The predicted molar refractivity (Wildman–Crippen MR) is 86.1 cm³/mol. The Bertz CT molecular complexity index is 678. The SMILES string of the molecule is CCCNCc1cc(S(=O)(=O)Nc2ccc(C)nc2)cs1. The number of aryl methyl sites for hydroxylation is 1. The number of aromatic nitrogens is 1. The molecule has 2 rings (SSSR count). The summed E-state index contributed by atoms with van der Waals surface area (Å²) >= 11 is 1.44. The minimum Gasteiger partial charge on any atom is -0.312 e. The number of hydrogen-bond donors (Lipinski definition) is 2. The fraction of sp³-hybridized carbons (Fsp3) is 0.357. The summed E-state index contributed by atoms with van der Waals surface area (Å²) in [6.45, 7) is 5.57. The summed E-state index contributed by atoms with van der Waals surface area (Å²) in [6.07, 6.45) is 2.57. The van der Waals surface area contributed by atoms with Crippen LogP contribution >= 0.6 is 11.3 Å². The highest BCUT2D eigenvalue weighted by Gasteiger charge is 2.16. The molecule has 0 aromatic carbocycles. The lowest BCUT2D eigenvalue weighted by Gasteiger charge is -2.06. The molecule has 0 fully saturated rings. The van der Waals surface area contributed by atoms with E-state index in [2.05, 4.69) is 21.9 Å². The zero-order valence-corrected chi connectivity index (χ0v) is 13.7. The minimum atomic E-state index is -3.54. The van der Waals surface area contributed by atoms with Crippen molar-refractivity contribution in [2.45, 2.75) is 31.7 Å². The van der Waals surface area contributed by atoms with E-state index in [9.17, 15) is 8.42 Å². The van der Waals surface area contributed by atoms with Crippen LogP contribution in [-0.2, 0) is 16.6 Å². The zero-order chi connectivity index (χ0) is 15.3. The first kappa shape index (κ1) is 15.9. The summed E-state index contributed by atoms with van der Waals surface area (Å²) in [5.41, 5.74) is 1.32. The van der Waals surface area contributed by atoms with E-state index in [4.69, 9.17) is 0 Å². The van der Waals surface area contributed by atoms with Crippen LogP contribution < -0.4 is 10.0 Å². The van der Waals surface area contributed by atoms with Crippen molar-refractivity contribution in [3.63, 3.8) is 0 Å². The lowest BCUT2D eigenvalue weighted by atomic mass is 10.4. The average Bonchev–Trinajstić information content (AvgIpc) is 2.91. The summed E-state index contributed by atoms with van der Waals surface area (Å²) in [6, 6.07) is 5.18. The standard InChI is InChI=1S/C14H19N3O2S2/c1-3-6-15-9-13-7-14(10-20-13)21(18,19)17-12-5-4-11(2)16-8-12/h4-5,7-8,10,15,17H,3,6,9H2,1-2H3. The highest BCUT2D eigenvalue weighted by atomic mass is 32.2. The molecule has 0 aliphatic heterocycles. The Labute approximate surface area is 129 Å². The predicted octanol–water partition coefficient (Wildman–Crippen LogP) is 2.75. The number of thiophene rings is 1. The number of pyridine rings is 1. The smallest absolute Gasteiger partial charge is 0.262 e. The van der Waals surface area contributed by atoms with Crippen LogP contribution in [0.3, 0.4) is 0 Å². The van der Waals surface area contributed by atoms with Crippen molar-refractivity contribution in [3.8, 4) is 0 Å². The molecule has 0 spiro atoms. The van der Waals surface area contributed by atoms with E-state index in [1.165, 1.54) is 17.5 Å². The van der Waals surface area contributed by atoms with Crippen molar-refractivity contribution in [1.29, 1.82) is 0 Å². The molecule has 0 bridgehead atoms. The van der Waals surface area contributed by atoms with Gasteiger partial charge in [-0.2, -0.15) is 0 Å². The van der Waals surface area contributed by atoms with Crippen molar-refractivity contribution in [3.05, 3.63) is 40.3 Å². The van der Waals surface area contributed by atoms with E-state index < -0.39 is 10.0 Å². The van der Waals surface area contributed by atoms with Crippen molar-refractivity contribution < 1.29 is 8.42 Å². The molecule has 0 amide bonds. The second kappa shape index (κ2) is 7.02. The molecule has 2 N–H and O–H groups in total. The third kappa shape index (κ3) is 4.52. The summed E-state index contributed by atoms with van der Waals surface area (Å²) in [4.78, 5) is 5.38. The van der Waals surface area contributed by atoms with Gasteiger partial charge in [0, 0.05) is 22.5 Å². The first-order valence-corrected chi connectivity index (χ1v) is 9.11. The van der Waals surface area contributed by atoms with E-state index >= 15 is 0 Å². The van der Waals surface area contributed by atoms with Gasteiger partial charge in [-0.15, -0.1) is 11.3 Å². The van der Waals surface area contributed by atoms with E-state index in [1.54, 1.807) is 23.6 Å². The van der Waals surface area contributed by atoms with Gasteiger partial charge in [0.25, 0.3) is 10.0 Å². The molecule has 0 saturated carbocycles. The summed E-state index contributed by atoms with van der Waals surface area (Å²) in [5, 5.41) is 4.92. The van der Waals surface area contributed by atoms with Crippen LogP contribution in [0.25, 0.3) is 0 Å². The molecule has 0 radical (unpaired) electrons. The molecule has 7 heteroatoms. The first-order valence-electron chi connectivity index (χ1n) is 6.75. The maximum absolute atomic E-state index is 12.3. The van der Waals surface area contributed by atoms with Gasteiger partial charge in [0.2, 0.25) is 0 Å². The van der Waals surface area contributed by atoms with Crippen molar-refractivity contribution in [2.75, 3.05) is 11.3 Å². The lowest BCUT2D eigenvalue weighted by Crippen LogP contribution is -2.14. The first-order chi connectivity index (χ1) is 10.0. The molecule has 0 aliphatic rings. The van der Waals surface area contributed by atoms with Crippen molar-refractivity contribution in [1.82, 2.24) is 10.3 Å². The van der Waals surface area contributed by atoms with Crippen molar-refractivity contribution >= 4 is 27.0 Å². The molecule has 0 aliphatic carbocycles. The molecule has 114 valence electrons. The van der Waals surface area contributed by atoms with Crippen molar-refractivity contribution in [2.24, 2.45) is 0 Å². The monoisotopic (exact) mass is 325 g/mol. The van der Waals surface area contributed by atoms with E-state index in [-0.39, 0.29) is 0 Å². The lowest BCUT2D eigenvalue weighted by molar-refractivity contribution is 0.601. The van der Waals surface area contributed by atoms with Crippen LogP contribution in [-0.4, -0.2) is 19.9 Å². The second-order valence-corrected chi connectivity index (χ2v) is 7.40. The molecule has 2 heterocycles. The average molecular weight is 325 g/mol. The minimum absolute atomic E-state index is 0.293. The van der Waals surface area contributed by atoms with Gasteiger partial charge in [0.05, 0.1) is 16.8 Å². The molecule has 2 aromatic heterocycles. The van der Waals surface area contributed by atoms with Gasteiger partial charge in [0.1, 0.15) is 0 Å². The van der Waals surface area contributed by atoms with Gasteiger partial charge >= 0.3 is 0 Å². The van der Waals surface area contributed by atoms with Gasteiger partial charge in [-0.25, -0.2) is 8.42 Å². The summed E-state index contributed by atoms with van der Waals surface area (Å²) < 4.78 is 27.1. The fourth-order valence-corrected chi connectivity index (χ4v) is 4.01. The number of sulfonamides is 1. The topological polar surface area (TPSA) is 71.1 Å². The van der Waals surface area contributed by atoms with Crippen LogP contribution in [0, 0.1) is 6.92 Å².